The summed E-state index contributed by atoms with van der Waals surface area (Å²) in [4.78, 5) is 12.2. The summed E-state index contributed by atoms with van der Waals surface area (Å²) in [6.45, 7) is 0. The Morgan fingerprint density at radius 3 is 2.44 bits per heavy atom. The highest BCUT2D eigenvalue weighted by Crippen LogP contribution is 2.39. The minimum Gasteiger partial charge on any atom is -0.335 e. The van der Waals surface area contributed by atoms with E-state index in [-0.39, 0.29) is 17.4 Å². The molecule has 1 aliphatic rings. The molecule has 0 saturated heterocycles. The van der Waals surface area contributed by atoms with Crippen LogP contribution < -0.4 is 10.6 Å². The second-order valence-corrected chi connectivity index (χ2v) is 6.12. The number of hydrogen-bond donors (Lipinski definition) is 3. The standard InChI is InChI=1S/C17H19F3N4O/c18-17(19,20)14-13(11-7-3-1-4-8-11)15(24-23-14)22-16(25)21-12-9-5-2-6-10-12/h1,3-4,7-8,12H,2,5-6,9-10H2,(H3,21,22,23,24,25). The summed E-state index contributed by atoms with van der Waals surface area (Å²) in [6, 6.07) is 7.58. The number of carbonyl (C=O) groups is 1. The molecule has 3 N–H and O–H groups in total. The number of hydrogen-bond acceptors (Lipinski definition) is 2. The summed E-state index contributed by atoms with van der Waals surface area (Å²) in [5.74, 6) is -0.133. The Bertz CT molecular complexity index is 721. The predicted molar refractivity (Wildman–Crippen MR) is 88.1 cm³/mol. The van der Waals surface area contributed by atoms with E-state index in [1.165, 1.54) is 0 Å². The molecule has 0 atom stereocenters. The van der Waals surface area contributed by atoms with Gasteiger partial charge in [0, 0.05) is 6.04 Å². The van der Waals surface area contributed by atoms with Crippen molar-refractivity contribution in [1.82, 2.24) is 15.5 Å². The van der Waals surface area contributed by atoms with Crippen molar-refractivity contribution < 1.29 is 18.0 Å². The van der Waals surface area contributed by atoms with E-state index in [1.54, 1.807) is 30.3 Å². The van der Waals surface area contributed by atoms with Gasteiger partial charge in [-0.2, -0.15) is 18.3 Å². The lowest BCUT2D eigenvalue weighted by atomic mass is 9.96. The van der Waals surface area contributed by atoms with Gasteiger partial charge in [0.25, 0.3) is 0 Å². The Kier molecular flexibility index (Phi) is 4.96. The minimum atomic E-state index is -4.60. The van der Waals surface area contributed by atoms with Gasteiger partial charge in [-0.1, -0.05) is 49.6 Å². The molecule has 0 radical (unpaired) electrons. The third-order valence-corrected chi connectivity index (χ3v) is 4.28. The number of carbonyl (C=O) groups excluding carboxylic acids is 1. The van der Waals surface area contributed by atoms with Gasteiger partial charge in [0.05, 0.1) is 5.56 Å². The van der Waals surface area contributed by atoms with Crippen molar-refractivity contribution in [3.63, 3.8) is 0 Å². The number of H-pyrrole nitrogens is 1. The fourth-order valence-corrected chi connectivity index (χ4v) is 3.10. The average molecular weight is 352 g/mol. The van der Waals surface area contributed by atoms with Gasteiger partial charge in [-0.05, 0) is 18.4 Å². The molecule has 1 heterocycles. The lowest BCUT2D eigenvalue weighted by Gasteiger charge is -2.22. The summed E-state index contributed by atoms with van der Waals surface area (Å²) in [5.41, 5.74) is -0.810. The van der Waals surface area contributed by atoms with Crippen molar-refractivity contribution in [2.45, 2.75) is 44.3 Å². The number of rotatable bonds is 3. The van der Waals surface area contributed by atoms with Crippen LogP contribution >= 0.6 is 0 Å². The number of nitrogens with one attached hydrogen (secondary N) is 3. The Labute approximate surface area is 143 Å². The molecule has 0 spiro atoms. The van der Waals surface area contributed by atoms with E-state index in [4.69, 9.17) is 0 Å². The molecule has 1 aromatic heterocycles. The van der Waals surface area contributed by atoms with Crippen LogP contribution in [-0.4, -0.2) is 22.3 Å². The Morgan fingerprint density at radius 1 is 1.12 bits per heavy atom. The third kappa shape index (κ3) is 4.12. The summed E-state index contributed by atoms with van der Waals surface area (Å²) in [5, 5.41) is 10.9. The smallest absolute Gasteiger partial charge is 0.335 e. The van der Waals surface area contributed by atoms with Gasteiger partial charge in [-0.25, -0.2) is 4.79 Å². The first-order chi connectivity index (χ1) is 11.9. The first-order valence-corrected chi connectivity index (χ1v) is 8.23. The van der Waals surface area contributed by atoms with E-state index in [2.05, 4.69) is 15.7 Å². The quantitative estimate of drug-likeness (QED) is 0.758. The summed E-state index contributed by atoms with van der Waals surface area (Å²) in [6.07, 6.45) is 0.395. The molecule has 1 fully saturated rings. The molecule has 0 aliphatic heterocycles. The Morgan fingerprint density at radius 2 is 1.80 bits per heavy atom. The largest absolute Gasteiger partial charge is 0.433 e. The topological polar surface area (TPSA) is 69.8 Å². The molecule has 0 unspecified atom stereocenters. The number of alkyl halides is 3. The van der Waals surface area contributed by atoms with Crippen molar-refractivity contribution in [2.75, 3.05) is 5.32 Å². The first-order valence-electron chi connectivity index (χ1n) is 8.23. The maximum Gasteiger partial charge on any atom is 0.433 e. The van der Waals surface area contributed by atoms with E-state index in [9.17, 15) is 18.0 Å². The highest BCUT2D eigenvalue weighted by atomic mass is 19.4. The van der Waals surface area contributed by atoms with Crippen molar-refractivity contribution in [1.29, 1.82) is 0 Å². The zero-order valence-corrected chi connectivity index (χ0v) is 13.5. The maximum atomic E-state index is 13.3. The van der Waals surface area contributed by atoms with Crippen LogP contribution in [0.2, 0.25) is 0 Å². The molecule has 25 heavy (non-hydrogen) atoms. The third-order valence-electron chi connectivity index (χ3n) is 4.28. The molecule has 134 valence electrons. The number of aromatic nitrogens is 2. The second kappa shape index (κ2) is 7.16. The molecule has 5 nitrogen and oxygen atoms in total. The highest BCUT2D eigenvalue weighted by molar-refractivity contribution is 5.93. The zero-order valence-electron chi connectivity index (χ0n) is 13.5. The summed E-state index contributed by atoms with van der Waals surface area (Å²) >= 11 is 0. The van der Waals surface area contributed by atoms with Crippen LogP contribution in [0.5, 0.6) is 0 Å². The van der Waals surface area contributed by atoms with Gasteiger partial charge in [-0.15, -0.1) is 0 Å². The van der Waals surface area contributed by atoms with E-state index in [0.29, 0.717) is 5.56 Å². The SMILES string of the molecule is O=C(Nc1n[nH]c(C(F)(F)F)c1-c1ccccc1)NC1CCCCC1. The predicted octanol–water partition coefficient (Wildman–Crippen LogP) is 4.55. The van der Waals surface area contributed by atoms with Crippen LogP contribution in [0.15, 0.2) is 30.3 Å². The fourth-order valence-electron chi connectivity index (χ4n) is 3.10. The maximum absolute atomic E-state index is 13.3. The van der Waals surface area contributed by atoms with Crippen LogP contribution in [0.4, 0.5) is 23.8 Å². The van der Waals surface area contributed by atoms with Crippen LogP contribution in [0.1, 0.15) is 37.8 Å². The molecule has 8 heteroatoms. The van der Waals surface area contributed by atoms with E-state index in [1.807, 2.05) is 5.10 Å². The lowest BCUT2D eigenvalue weighted by molar-refractivity contribution is -0.140. The first kappa shape index (κ1) is 17.3. The van der Waals surface area contributed by atoms with E-state index >= 15 is 0 Å². The van der Waals surface area contributed by atoms with Gasteiger partial charge in [0.2, 0.25) is 0 Å². The van der Waals surface area contributed by atoms with E-state index in [0.717, 1.165) is 32.1 Å². The van der Waals surface area contributed by atoms with E-state index < -0.39 is 17.9 Å². The molecule has 3 rings (SSSR count). The highest BCUT2D eigenvalue weighted by Gasteiger charge is 2.38. The van der Waals surface area contributed by atoms with Crippen molar-refractivity contribution >= 4 is 11.8 Å². The van der Waals surface area contributed by atoms with Gasteiger partial charge < -0.3 is 5.32 Å². The number of anilines is 1. The zero-order chi connectivity index (χ0) is 17.9. The van der Waals surface area contributed by atoms with Crippen molar-refractivity contribution in [3.05, 3.63) is 36.0 Å². The number of amides is 2. The van der Waals surface area contributed by atoms with Gasteiger partial charge in [0.1, 0.15) is 5.69 Å². The number of urea groups is 1. The molecule has 0 bridgehead atoms. The van der Waals surface area contributed by atoms with Crippen molar-refractivity contribution in [2.24, 2.45) is 0 Å². The molecular weight excluding hydrogens is 333 g/mol. The monoisotopic (exact) mass is 352 g/mol. The van der Waals surface area contributed by atoms with Crippen LogP contribution in [0.25, 0.3) is 11.1 Å². The Hall–Kier alpha value is -2.51. The summed E-state index contributed by atoms with van der Waals surface area (Å²) < 4.78 is 39.8. The lowest BCUT2D eigenvalue weighted by Crippen LogP contribution is -2.39. The molecule has 1 aromatic carbocycles. The van der Waals surface area contributed by atoms with Crippen molar-refractivity contribution in [3.8, 4) is 11.1 Å². The molecule has 1 saturated carbocycles. The van der Waals surface area contributed by atoms with Crippen LogP contribution in [0, 0.1) is 0 Å². The average Bonchev–Trinajstić information content (AvgIpc) is 3.00. The normalized spacial score (nSPS) is 15.8. The molecule has 2 aromatic rings. The molecule has 1 aliphatic carbocycles. The van der Waals surface area contributed by atoms with Crippen LogP contribution in [0.3, 0.4) is 0 Å². The molecular formula is C17H19F3N4O. The fraction of sp³-hybridized carbons (Fsp3) is 0.412. The minimum absolute atomic E-state index is 0.0509. The van der Waals surface area contributed by atoms with Gasteiger partial charge >= 0.3 is 12.2 Å². The van der Waals surface area contributed by atoms with Crippen LogP contribution in [-0.2, 0) is 6.18 Å². The van der Waals surface area contributed by atoms with Gasteiger partial charge in [0.15, 0.2) is 5.82 Å². The Balaban J connectivity index is 1.83. The number of nitrogens with zero attached hydrogens (tertiary/aromatic N) is 1. The number of benzene rings is 1. The number of halogens is 3. The molecule has 2 amide bonds. The van der Waals surface area contributed by atoms with Gasteiger partial charge in [-0.3, -0.25) is 10.4 Å². The summed E-state index contributed by atoms with van der Waals surface area (Å²) in [7, 11) is 0. The number of aromatic amines is 1. The second-order valence-electron chi connectivity index (χ2n) is 6.12.